The lowest BCUT2D eigenvalue weighted by Gasteiger charge is -1.89. The van der Waals surface area contributed by atoms with E-state index in [2.05, 4.69) is 13.2 Å². The molecule has 0 amide bonds. The largest absolute Gasteiger partial charge is 0.338 e. The van der Waals surface area contributed by atoms with Crippen LogP contribution in [0.1, 0.15) is 0 Å². The van der Waals surface area contributed by atoms with E-state index in [-0.39, 0.29) is 0 Å². The molecule has 0 atom stereocenters. The summed E-state index contributed by atoms with van der Waals surface area (Å²) in [6, 6.07) is 0. The van der Waals surface area contributed by atoms with Crippen LogP contribution in [0.2, 0.25) is 0 Å². The van der Waals surface area contributed by atoms with Crippen molar-refractivity contribution in [3.05, 3.63) is 44.8 Å². The first-order chi connectivity index (χ1) is 4.46. The van der Waals surface area contributed by atoms with Gasteiger partial charge in [0.25, 0.3) is 0 Å². The molecule has 0 aliphatic heterocycles. The fourth-order valence-electron chi connectivity index (χ4n) is 0.211. The van der Waals surface area contributed by atoms with E-state index in [0.717, 1.165) is 0 Å². The van der Waals surface area contributed by atoms with Crippen LogP contribution >= 0.6 is 0 Å². The van der Waals surface area contributed by atoms with Crippen LogP contribution in [0.25, 0.3) is 0 Å². The minimum atomic E-state index is -0.953. The fourth-order valence-corrected chi connectivity index (χ4v) is 0.211. The summed E-state index contributed by atoms with van der Waals surface area (Å²) in [5.41, 5.74) is -1.57. The van der Waals surface area contributed by atoms with Gasteiger partial charge in [0, 0.05) is 0 Å². The number of nitrogens with zero attached hydrogens (tertiary/aromatic N) is 2. The Morgan fingerprint density at radius 3 is 1.30 bits per heavy atom. The van der Waals surface area contributed by atoms with Gasteiger partial charge in [-0.15, -0.1) is 0 Å². The molecule has 0 radical (unpaired) electrons. The maximum atomic E-state index is 9.79. The maximum absolute atomic E-state index is 9.79. The van der Waals surface area contributed by atoms with Gasteiger partial charge in [0.15, 0.2) is 0 Å². The molecule has 10 heavy (non-hydrogen) atoms. The molecule has 0 saturated heterocycles. The summed E-state index contributed by atoms with van der Waals surface area (Å²) in [4.78, 5) is 17.7. The normalized spacial score (nSPS) is 8.40. The third kappa shape index (κ3) is 1.66. The summed E-state index contributed by atoms with van der Waals surface area (Å²) in [7, 11) is 0. The molecule has 0 rings (SSSR count). The second kappa shape index (κ2) is 2.72. The van der Waals surface area contributed by atoms with Crippen LogP contribution in [0.4, 0.5) is 0 Å². The Morgan fingerprint density at radius 1 is 1.00 bits per heavy atom. The Morgan fingerprint density at radius 2 is 1.20 bits per heavy atom. The summed E-state index contributed by atoms with van der Waals surface area (Å²) in [6.07, 6.45) is 0. The van der Waals surface area contributed by atoms with Crippen LogP contribution in [0.3, 0.4) is 0 Å². The third-order valence-electron chi connectivity index (χ3n) is 0.774. The van der Waals surface area contributed by atoms with Crippen molar-refractivity contribution in [2.75, 3.05) is 0 Å². The van der Waals surface area contributed by atoms with Crippen LogP contribution in [0, 0.1) is 20.2 Å². The summed E-state index contributed by atoms with van der Waals surface area (Å²) >= 11 is 0. The zero-order valence-corrected chi connectivity index (χ0v) is 4.94. The summed E-state index contributed by atoms with van der Waals surface area (Å²) < 4.78 is 0. The highest BCUT2D eigenvalue weighted by Gasteiger charge is 2.22. The number of hydrogen-bond donors (Lipinski definition) is 0. The van der Waals surface area contributed by atoms with Crippen LogP contribution in [0.5, 0.6) is 0 Å². The monoisotopic (exact) mass is 144 g/mol. The fraction of sp³-hybridized carbons (Fsp3) is 0. The zero-order chi connectivity index (χ0) is 8.31. The smallest absolute Gasteiger partial charge is 0.258 e. The van der Waals surface area contributed by atoms with Gasteiger partial charge in [-0.25, -0.2) is 0 Å². The summed E-state index contributed by atoms with van der Waals surface area (Å²) in [5, 5.41) is 19.6. The standard InChI is InChI=1S/C4H4N2O4/c1-3(5(7)8)4(2)6(9)10/h1-2H2. The molecule has 0 unspecified atom stereocenters. The molecule has 0 heterocycles. The van der Waals surface area contributed by atoms with E-state index < -0.39 is 21.2 Å². The first-order valence-corrected chi connectivity index (χ1v) is 2.13. The Kier molecular flexibility index (Phi) is 2.25. The molecule has 0 aromatic carbocycles. The van der Waals surface area contributed by atoms with Crippen molar-refractivity contribution in [3.8, 4) is 0 Å². The SMILES string of the molecule is C=C(C(=C)[N+](=O)[O-])[N+](=O)[O-]. The maximum Gasteiger partial charge on any atom is 0.338 e. The zero-order valence-electron chi connectivity index (χ0n) is 4.94. The molecule has 0 aliphatic rings. The van der Waals surface area contributed by atoms with Gasteiger partial charge in [-0.05, 0) is 13.2 Å². The van der Waals surface area contributed by atoms with Crippen molar-refractivity contribution < 1.29 is 9.85 Å². The van der Waals surface area contributed by atoms with Gasteiger partial charge in [-0.3, -0.25) is 20.2 Å². The van der Waals surface area contributed by atoms with Crippen LogP contribution in [0.15, 0.2) is 24.6 Å². The lowest BCUT2D eigenvalue weighted by atomic mass is 10.4. The van der Waals surface area contributed by atoms with Crippen LogP contribution in [-0.4, -0.2) is 9.85 Å². The van der Waals surface area contributed by atoms with Gasteiger partial charge < -0.3 is 0 Å². The molecule has 0 saturated carbocycles. The van der Waals surface area contributed by atoms with Gasteiger partial charge in [-0.1, -0.05) is 0 Å². The molecule has 0 aromatic heterocycles. The topological polar surface area (TPSA) is 86.3 Å². The van der Waals surface area contributed by atoms with E-state index in [0.29, 0.717) is 0 Å². The van der Waals surface area contributed by atoms with E-state index in [1.165, 1.54) is 0 Å². The second-order valence-corrected chi connectivity index (χ2v) is 1.41. The highest BCUT2D eigenvalue weighted by atomic mass is 16.6. The van der Waals surface area contributed by atoms with Gasteiger partial charge in [0.05, 0.1) is 9.85 Å². The van der Waals surface area contributed by atoms with Gasteiger partial charge >= 0.3 is 11.4 Å². The molecule has 6 nitrogen and oxygen atoms in total. The molecular weight excluding hydrogens is 140 g/mol. The molecule has 0 fully saturated rings. The lowest BCUT2D eigenvalue weighted by Crippen LogP contribution is -2.06. The number of nitro groups is 2. The second-order valence-electron chi connectivity index (χ2n) is 1.41. The van der Waals surface area contributed by atoms with Crippen molar-refractivity contribution in [2.45, 2.75) is 0 Å². The molecule has 0 spiro atoms. The van der Waals surface area contributed by atoms with Gasteiger partial charge in [-0.2, -0.15) is 0 Å². The van der Waals surface area contributed by atoms with Crippen molar-refractivity contribution in [1.82, 2.24) is 0 Å². The number of rotatable bonds is 3. The van der Waals surface area contributed by atoms with E-state index in [9.17, 15) is 20.2 Å². The van der Waals surface area contributed by atoms with E-state index >= 15 is 0 Å². The molecule has 0 aromatic rings. The van der Waals surface area contributed by atoms with Crippen molar-refractivity contribution >= 4 is 0 Å². The Hall–Kier alpha value is -1.72. The minimum absolute atomic E-state index is 0.787. The summed E-state index contributed by atoms with van der Waals surface area (Å²) in [5.74, 6) is 0. The third-order valence-corrected chi connectivity index (χ3v) is 0.774. The molecule has 0 bridgehead atoms. The summed E-state index contributed by atoms with van der Waals surface area (Å²) in [6.45, 7) is 5.67. The highest BCUT2D eigenvalue weighted by molar-refractivity contribution is 5.09. The number of hydrogen-bond acceptors (Lipinski definition) is 4. The van der Waals surface area contributed by atoms with Gasteiger partial charge in [0.2, 0.25) is 0 Å². The van der Waals surface area contributed by atoms with E-state index in [1.54, 1.807) is 0 Å². The predicted octanol–water partition coefficient (Wildman–Crippen LogP) is 0.567. The highest BCUT2D eigenvalue weighted by Crippen LogP contribution is 2.04. The van der Waals surface area contributed by atoms with Crippen LogP contribution < -0.4 is 0 Å². The Bertz CT molecular complexity index is 195. The van der Waals surface area contributed by atoms with E-state index in [4.69, 9.17) is 0 Å². The van der Waals surface area contributed by atoms with Crippen molar-refractivity contribution in [2.24, 2.45) is 0 Å². The van der Waals surface area contributed by atoms with Crippen molar-refractivity contribution in [3.63, 3.8) is 0 Å². The van der Waals surface area contributed by atoms with Crippen LogP contribution in [-0.2, 0) is 0 Å². The first-order valence-electron chi connectivity index (χ1n) is 2.13. The molecule has 0 N–H and O–H groups in total. The average Bonchev–Trinajstić information content (AvgIpc) is 1.84. The predicted molar refractivity (Wildman–Crippen MR) is 32.3 cm³/mol. The Balaban J connectivity index is 4.39. The van der Waals surface area contributed by atoms with Gasteiger partial charge in [0.1, 0.15) is 0 Å². The quantitative estimate of drug-likeness (QED) is 0.329. The minimum Gasteiger partial charge on any atom is -0.258 e. The first kappa shape index (κ1) is 8.28. The molecular formula is C4H4N2O4. The molecule has 0 aliphatic carbocycles. The Labute approximate surface area is 55.8 Å². The average molecular weight is 144 g/mol. The van der Waals surface area contributed by atoms with E-state index in [1.807, 2.05) is 0 Å². The molecule has 6 heteroatoms. The van der Waals surface area contributed by atoms with Crippen molar-refractivity contribution in [1.29, 1.82) is 0 Å². The lowest BCUT2D eigenvalue weighted by molar-refractivity contribution is -0.478. The molecule has 54 valence electrons.